The molecule has 0 spiro atoms. The van der Waals surface area contributed by atoms with E-state index in [1.54, 1.807) is 12.1 Å². The number of phenolic OH excluding ortho intramolecular Hbond substituents is 1. The van der Waals surface area contributed by atoms with E-state index in [1.807, 2.05) is 0 Å². The zero-order valence-corrected chi connectivity index (χ0v) is 13.7. The molecule has 1 aliphatic carbocycles. The summed E-state index contributed by atoms with van der Waals surface area (Å²) < 4.78 is 0.839. The summed E-state index contributed by atoms with van der Waals surface area (Å²) in [5.41, 5.74) is -0.508. The first-order chi connectivity index (χ1) is 9.92. The molecule has 0 aromatic heterocycles. The molecule has 2 rings (SSSR count). The lowest BCUT2D eigenvalue weighted by atomic mass is 9.79. The number of nitrogens with one attached hydrogen (secondary N) is 1. The number of carboxylic acids is 1. The number of aliphatic carboxylic acids is 1. The van der Waals surface area contributed by atoms with Gasteiger partial charge < -0.3 is 15.5 Å². The minimum atomic E-state index is -0.913. The molecule has 114 valence electrons. The smallest absolute Gasteiger partial charge is 0.305 e. The zero-order valence-electron chi connectivity index (χ0n) is 11.6. The second kappa shape index (κ2) is 6.64. The van der Waals surface area contributed by atoms with Gasteiger partial charge in [-0.3, -0.25) is 9.59 Å². The summed E-state index contributed by atoms with van der Waals surface area (Å²) in [6, 6.07) is 4.78. The molecule has 3 N–H and O–H groups in total. The third-order valence-corrected chi connectivity index (χ3v) is 4.55. The number of phenols is 1. The maximum atomic E-state index is 12.4. The van der Waals surface area contributed by atoms with Crippen LogP contribution in [0.3, 0.4) is 0 Å². The van der Waals surface area contributed by atoms with Gasteiger partial charge in [-0.2, -0.15) is 0 Å². The number of hydrogen-bond acceptors (Lipinski definition) is 3. The van der Waals surface area contributed by atoms with E-state index in [9.17, 15) is 14.7 Å². The Morgan fingerprint density at radius 3 is 2.52 bits per heavy atom. The Kier molecular flexibility index (Phi) is 5.08. The Morgan fingerprint density at radius 2 is 1.90 bits per heavy atom. The predicted molar refractivity (Wildman–Crippen MR) is 86.4 cm³/mol. The molecule has 21 heavy (non-hydrogen) atoms. The molecule has 0 aliphatic heterocycles. The summed E-state index contributed by atoms with van der Waals surface area (Å²) in [5.74, 6) is -1.41. The van der Waals surface area contributed by atoms with E-state index < -0.39 is 17.4 Å². The molecule has 1 amide bonds. The standard InChI is InChI=1S/C15H18INO4/c16-10-4-5-12(18)11(8-10)14(21)17-15(9-13(19)20)6-2-1-3-7-15/h4-5,8,18H,1-3,6-7,9H2,(H,17,21)(H,19,20). The first kappa shape index (κ1) is 16.1. The molecule has 1 saturated carbocycles. The van der Waals surface area contributed by atoms with Crippen LogP contribution in [0.25, 0.3) is 0 Å². The number of hydrogen-bond donors (Lipinski definition) is 3. The highest BCUT2D eigenvalue weighted by molar-refractivity contribution is 14.1. The number of benzene rings is 1. The Labute approximate surface area is 136 Å². The van der Waals surface area contributed by atoms with Crippen LogP contribution in [0.1, 0.15) is 48.9 Å². The normalized spacial score (nSPS) is 17.2. The van der Waals surface area contributed by atoms with Crippen molar-refractivity contribution in [2.75, 3.05) is 0 Å². The minimum absolute atomic E-state index is 0.0799. The molecule has 1 aliphatic rings. The monoisotopic (exact) mass is 403 g/mol. The number of aromatic hydroxyl groups is 1. The Morgan fingerprint density at radius 1 is 1.24 bits per heavy atom. The average molecular weight is 403 g/mol. The molecule has 1 aromatic rings. The minimum Gasteiger partial charge on any atom is -0.507 e. The van der Waals surface area contributed by atoms with Crippen molar-refractivity contribution >= 4 is 34.5 Å². The number of rotatable bonds is 4. The van der Waals surface area contributed by atoms with Crippen LogP contribution < -0.4 is 5.32 Å². The van der Waals surface area contributed by atoms with E-state index in [1.165, 1.54) is 6.07 Å². The topological polar surface area (TPSA) is 86.6 Å². The number of carboxylic acid groups (broad SMARTS) is 1. The largest absolute Gasteiger partial charge is 0.507 e. The highest BCUT2D eigenvalue weighted by Gasteiger charge is 2.36. The highest BCUT2D eigenvalue weighted by atomic mass is 127. The molecule has 6 heteroatoms. The molecule has 1 fully saturated rings. The van der Waals surface area contributed by atoms with E-state index >= 15 is 0 Å². The number of carbonyl (C=O) groups excluding carboxylic acids is 1. The summed E-state index contributed by atoms with van der Waals surface area (Å²) in [6.45, 7) is 0. The van der Waals surface area contributed by atoms with Gasteiger partial charge in [-0.15, -0.1) is 0 Å². The third kappa shape index (κ3) is 4.09. The van der Waals surface area contributed by atoms with Gasteiger partial charge in [0.1, 0.15) is 5.75 Å². The summed E-state index contributed by atoms with van der Waals surface area (Å²) in [4.78, 5) is 23.5. The zero-order chi connectivity index (χ0) is 15.5. The predicted octanol–water partition coefficient (Wildman–Crippen LogP) is 2.90. The first-order valence-electron chi connectivity index (χ1n) is 6.95. The summed E-state index contributed by atoms with van der Waals surface area (Å²) in [5, 5.41) is 21.8. The molecule has 1 aromatic carbocycles. The molecule has 5 nitrogen and oxygen atoms in total. The SMILES string of the molecule is O=C(O)CC1(NC(=O)c2cc(I)ccc2O)CCCCC1. The van der Waals surface area contributed by atoms with Crippen molar-refractivity contribution in [3.05, 3.63) is 27.3 Å². The number of halogens is 1. The molecule has 0 heterocycles. The molecule has 0 atom stereocenters. The van der Waals surface area contributed by atoms with Crippen LogP contribution in [0.4, 0.5) is 0 Å². The van der Waals surface area contributed by atoms with Crippen molar-refractivity contribution in [2.24, 2.45) is 0 Å². The van der Waals surface area contributed by atoms with Crippen LogP contribution >= 0.6 is 22.6 Å². The van der Waals surface area contributed by atoms with Gasteiger partial charge in [-0.25, -0.2) is 0 Å². The van der Waals surface area contributed by atoms with Gasteiger partial charge in [0.25, 0.3) is 5.91 Å². The number of amides is 1. The quantitative estimate of drug-likeness (QED) is 0.675. The lowest BCUT2D eigenvalue weighted by molar-refractivity contribution is -0.139. The van der Waals surface area contributed by atoms with Crippen LogP contribution in [-0.2, 0) is 4.79 Å². The van der Waals surface area contributed by atoms with Gasteiger partial charge in [0.05, 0.1) is 17.5 Å². The van der Waals surface area contributed by atoms with Crippen molar-refractivity contribution in [2.45, 2.75) is 44.1 Å². The summed E-state index contributed by atoms with van der Waals surface area (Å²) in [6.07, 6.45) is 4.12. The van der Waals surface area contributed by atoms with Crippen LogP contribution in [0, 0.1) is 3.57 Å². The Bertz CT molecular complexity index is 553. The fourth-order valence-electron chi connectivity index (χ4n) is 2.86. The van der Waals surface area contributed by atoms with E-state index in [4.69, 9.17) is 5.11 Å². The van der Waals surface area contributed by atoms with Crippen LogP contribution in [0.15, 0.2) is 18.2 Å². The van der Waals surface area contributed by atoms with Gasteiger partial charge in [0.2, 0.25) is 0 Å². The van der Waals surface area contributed by atoms with Crippen molar-refractivity contribution in [3.63, 3.8) is 0 Å². The van der Waals surface area contributed by atoms with Crippen LogP contribution in [-0.4, -0.2) is 27.6 Å². The van der Waals surface area contributed by atoms with Crippen molar-refractivity contribution < 1.29 is 19.8 Å². The van der Waals surface area contributed by atoms with Crippen LogP contribution in [0.5, 0.6) is 5.75 Å². The van der Waals surface area contributed by atoms with Crippen molar-refractivity contribution in [3.8, 4) is 5.75 Å². The van der Waals surface area contributed by atoms with E-state index in [0.717, 1.165) is 22.8 Å². The van der Waals surface area contributed by atoms with E-state index in [-0.39, 0.29) is 17.7 Å². The van der Waals surface area contributed by atoms with Crippen molar-refractivity contribution in [1.82, 2.24) is 5.32 Å². The summed E-state index contributed by atoms with van der Waals surface area (Å²) in [7, 11) is 0. The maximum Gasteiger partial charge on any atom is 0.305 e. The van der Waals surface area contributed by atoms with E-state index in [0.29, 0.717) is 12.8 Å². The lowest BCUT2D eigenvalue weighted by Gasteiger charge is -2.37. The summed E-state index contributed by atoms with van der Waals surface area (Å²) >= 11 is 2.06. The van der Waals surface area contributed by atoms with Gasteiger partial charge in [0.15, 0.2) is 0 Å². The second-order valence-electron chi connectivity index (χ2n) is 5.53. The second-order valence-corrected chi connectivity index (χ2v) is 6.77. The fourth-order valence-corrected chi connectivity index (χ4v) is 3.35. The van der Waals surface area contributed by atoms with Gasteiger partial charge in [-0.1, -0.05) is 19.3 Å². The molecular formula is C15H18INO4. The molecule has 0 unspecified atom stereocenters. The first-order valence-corrected chi connectivity index (χ1v) is 8.03. The molecule has 0 radical (unpaired) electrons. The van der Waals surface area contributed by atoms with Gasteiger partial charge in [0, 0.05) is 3.57 Å². The molecule has 0 saturated heterocycles. The number of carbonyl (C=O) groups is 2. The van der Waals surface area contributed by atoms with E-state index in [2.05, 4.69) is 27.9 Å². The third-order valence-electron chi connectivity index (χ3n) is 3.88. The lowest BCUT2D eigenvalue weighted by Crippen LogP contribution is -2.51. The Balaban J connectivity index is 2.21. The molecule has 0 bridgehead atoms. The van der Waals surface area contributed by atoms with Gasteiger partial charge in [-0.05, 0) is 53.6 Å². The maximum absolute atomic E-state index is 12.4. The highest BCUT2D eigenvalue weighted by Crippen LogP contribution is 2.32. The Hall–Kier alpha value is -1.31. The van der Waals surface area contributed by atoms with Crippen molar-refractivity contribution in [1.29, 1.82) is 0 Å². The fraction of sp³-hybridized carbons (Fsp3) is 0.467. The molecular weight excluding hydrogens is 385 g/mol. The van der Waals surface area contributed by atoms with Gasteiger partial charge >= 0.3 is 5.97 Å². The van der Waals surface area contributed by atoms with Crippen LogP contribution in [0.2, 0.25) is 0 Å². The average Bonchev–Trinajstić information content (AvgIpc) is 2.41.